The minimum Gasteiger partial charge on any atom is -0.455 e. The third kappa shape index (κ3) is 3.87. The number of furan rings is 1. The number of hydrogen-bond acceptors (Lipinski definition) is 5. The molecule has 0 atom stereocenters. The van der Waals surface area contributed by atoms with Crippen LogP contribution in [0.3, 0.4) is 0 Å². The maximum atomic E-state index is 6.34. The highest BCUT2D eigenvalue weighted by Crippen LogP contribution is 2.37. The molecule has 0 fully saturated rings. The van der Waals surface area contributed by atoms with Gasteiger partial charge in [-0.2, -0.15) is 0 Å². The molecule has 5 aromatic carbocycles. The number of aromatic nitrogens is 3. The number of para-hydroxylation sites is 2. The summed E-state index contributed by atoms with van der Waals surface area (Å²) in [5.74, 6) is 1.88. The first-order valence-corrected chi connectivity index (χ1v) is 13.9. The van der Waals surface area contributed by atoms with Crippen LogP contribution in [0, 0.1) is 0 Å². The second kappa shape index (κ2) is 9.26. The van der Waals surface area contributed by atoms with Gasteiger partial charge in [0.2, 0.25) is 0 Å². The van der Waals surface area contributed by atoms with Crippen LogP contribution in [0.1, 0.15) is 0 Å². The standard InChI is InChI=1S/C35H21N3OS/c1-2-9-22(10-3-1)23-17-19-24(20-18-23)33-36-34(38-35(37-33)31-21-25-11-4-7-16-30(25)40-31)28-14-8-13-27-26-12-5-6-15-29(26)39-32(27)28/h1-21H. The van der Waals surface area contributed by atoms with E-state index in [-0.39, 0.29) is 0 Å². The molecule has 4 nitrogen and oxygen atoms in total. The molecule has 0 bridgehead atoms. The van der Waals surface area contributed by atoms with Crippen molar-refractivity contribution in [2.75, 3.05) is 0 Å². The Bertz CT molecular complexity index is 2130. The molecule has 3 aromatic heterocycles. The van der Waals surface area contributed by atoms with Gasteiger partial charge in [-0.25, -0.2) is 15.0 Å². The van der Waals surface area contributed by atoms with Crippen LogP contribution in [0.2, 0.25) is 0 Å². The molecule has 3 heterocycles. The molecule has 40 heavy (non-hydrogen) atoms. The van der Waals surface area contributed by atoms with E-state index in [4.69, 9.17) is 19.4 Å². The lowest BCUT2D eigenvalue weighted by molar-refractivity contribution is 0.669. The normalized spacial score (nSPS) is 11.5. The average molecular weight is 532 g/mol. The quantitative estimate of drug-likeness (QED) is 0.227. The molecule has 0 spiro atoms. The fourth-order valence-corrected chi connectivity index (χ4v) is 6.19. The Hall–Kier alpha value is -5.13. The third-order valence-corrected chi connectivity index (χ3v) is 8.29. The van der Waals surface area contributed by atoms with E-state index in [1.807, 2.05) is 36.4 Å². The van der Waals surface area contributed by atoms with Crippen LogP contribution < -0.4 is 0 Å². The minimum absolute atomic E-state index is 0.592. The van der Waals surface area contributed by atoms with Crippen molar-refractivity contribution in [1.82, 2.24) is 15.0 Å². The molecule has 8 aromatic rings. The molecule has 188 valence electrons. The van der Waals surface area contributed by atoms with Crippen LogP contribution in [-0.2, 0) is 0 Å². The zero-order chi connectivity index (χ0) is 26.5. The Labute approximate surface area is 234 Å². The van der Waals surface area contributed by atoms with E-state index in [1.54, 1.807) is 11.3 Å². The summed E-state index contributed by atoms with van der Waals surface area (Å²) in [4.78, 5) is 16.0. The van der Waals surface area contributed by atoms with Crippen molar-refractivity contribution < 1.29 is 4.42 Å². The van der Waals surface area contributed by atoms with Gasteiger partial charge in [0.15, 0.2) is 17.5 Å². The van der Waals surface area contributed by atoms with E-state index in [9.17, 15) is 0 Å². The number of fused-ring (bicyclic) bond motifs is 4. The highest BCUT2D eigenvalue weighted by Gasteiger charge is 2.18. The van der Waals surface area contributed by atoms with E-state index in [2.05, 4.69) is 91.0 Å². The summed E-state index contributed by atoms with van der Waals surface area (Å²) in [7, 11) is 0. The van der Waals surface area contributed by atoms with Crippen LogP contribution in [0.5, 0.6) is 0 Å². The fraction of sp³-hybridized carbons (Fsp3) is 0. The zero-order valence-corrected chi connectivity index (χ0v) is 22.1. The number of rotatable bonds is 4. The van der Waals surface area contributed by atoms with Crippen LogP contribution in [0.4, 0.5) is 0 Å². The summed E-state index contributed by atoms with van der Waals surface area (Å²) in [6.45, 7) is 0. The van der Waals surface area contributed by atoms with Gasteiger partial charge in [-0.3, -0.25) is 0 Å². The molecule has 5 heteroatoms. The number of nitrogens with zero attached hydrogens (tertiary/aromatic N) is 3. The second-order valence-electron chi connectivity index (χ2n) is 9.68. The first-order chi connectivity index (χ1) is 19.8. The molecule has 0 saturated carbocycles. The van der Waals surface area contributed by atoms with Crippen molar-refractivity contribution in [2.24, 2.45) is 0 Å². The van der Waals surface area contributed by atoms with E-state index >= 15 is 0 Å². The third-order valence-electron chi connectivity index (χ3n) is 7.18. The Morgan fingerprint density at radius 3 is 2.05 bits per heavy atom. The molecule has 0 aliphatic heterocycles. The Morgan fingerprint density at radius 1 is 0.500 bits per heavy atom. The summed E-state index contributed by atoms with van der Waals surface area (Å²) < 4.78 is 7.55. The predicted molar refractivity (Wildman–Crippen MR) is 164 cm³/mol. The van der Waals surface area contributed by atoms with Gasteiger partial charge in [-0.1, -0.05) is 103 Å². The van der Waals surface area contributed by atoms with Gasteiger partial charge in [0, 0.05) is 21.0 Å². The smallest absolute Gasteiger partial charge is 0.174 e. The van der Waals surface area contributed by atoms with Gasteiger partial charge < -0.3 is 4.42 Å². The molecule has 8 rings (SSSR count). The Morgan fingerprint density at radius 2 is 1.18 bits per heavy atom. The summed E-state index contributed by atoms with van der Waals surface area (Å²) in [6.07, 6.45) is 0. The van der Waals surface area contributed by atoms with Gasteiger partial charge in [0.05, 0.1) is 10.4 Å². The average Bonchev–Trinajstić information content (AvgIpc) is 3.63. The first kappa shape index (κ1) is 22.8. The SMILES string of the molecule is c1ccc(-c2ccc(-c3nc(-c4cc5ccccc5s4)nc(-c4cccc5c4oc4ccccc45)n3)cc2)cc1. The monoisotopic (exact) mass is 531 g/mol. The lowest BCUT2D eigenvalue weighted by Crippen LogP contribution is -1.99. The predicted octanol–water partition coefficient (Wildman–Crippen LogP) is 9.65. The first-order valence-electron chi connectivity index (χ1n) is 13.1. The van der Waals surface area contributed by atoms with Gasteiger partial charge in [0.25, 0.3) is 0 Å². The van der Waals surface area contributed by atoms with E-state index in [0.29, 0.717) is 17.5 Å². The second-order valence-corrected chi connectivity index (χ2v) is 10.8. The molecular formula is C35H21N3OS. The summed E-state index contributed by atoms with van der Waals surface area (Å²) in [5.41, 5.74) is 5.73. The van der Waals surface area contributed by atoms with Crippen molar-refractivity contribution in [3.8, 4) is 44.6 Å². The zero-order valence-electron chi connectivity index (χ0n) is 21.3. The molecular weight excluding hydrogens is 510 g/mol. The number of hydrogen-bond donors (Lipinski definition) is 0. The molecule has 0 unspecified atom stereocenters. The van der Waals surface area contributed by atoms with Gasteiger partial charge >= 0.3 is 0 Å². The van der Waals surface area contributed by atoms with E-state index in [0.717, 1.165) is 43.5 Å². The van der Waals surface area contributed by atoms with Crippen LogP contribution in [0.15, 0.2) is 132 Å². The number of thiophene rings is 1. The molecule has 0 saturated heterocycles. The molecule has 0 radical (unpaired) electrons. The van der Waals surface area contributed by atoms with Gasteiger partial charge in [-0.05, 0) is 40.8 Å². The lowest BCUT2D eigenvalue weighted by atomic mass is 10.0. The van der Waals surface area contributed by atoms with Gasteiger partial charge in [-0.15, -0.1) is 11.3 Å². The summed E-state index contributed by atoms with van der Waals surface area (Å²) in [6, 6.07) is 43.5. The molecule has 0 amide bonds. The molecule has 0 N–H and O–H groups in total. The van der Waals surface area contributed by atoms with E-state index < -0.39 is 0 Å². The van der Waals surface area contributed by atoms with Gasteiger partial charge in [0.1, 0.15) is 11.2 Å². The summed E-state index contributed by atoms with van der Waals surface area (Å²) in [5, 5.41) is 3.30. The number of benzene rings is 5. The van der Waals surface area contributed by atoms with E-state index in [1.165, 1.54) is 15.6 Å². The summed E-state index contributed by atoms with van der Waals surface area (Å²) >= 11 is 1.69. The van der Waals surface area contributed by atoms with Crippen molar-refractivity contribution in [2.45, 2.75) is 0 Å². The van der Waals surface area contributed by atoms with Crippen molar-refractivity contribution in [3.05, 3.63) is 127 Å². The van der Waals surface area contributed by atoms with Crippen molar-refractivity contribution in [3.63, 3.8) is 0 Å². The highest BCUT2D eigenvalue weighted by molar-refractivity contribution is 7.22. The molecule has 0 aliphatic rings. The van der Waals surface area contributed by atoms with Crippen LogP contribution in [0.25, 0.3) is 76.6 Å². The topological polar surface area (TPSA) is 51.8 Å². The largest absolute Gasteiger partial charge is 0.455 e. The van der Waals surface area contributed by atoms with Crippen LogP contribution >= 0.6 is 11.3 Å². The Kier molecular flexibility index (Phi) is 5.28. The maximum absolute atomic E-state index is 6.34. The Balaban J connectivity index is 1.33. The van der Waals surface area contributed by atoms with Crippen molar-refractivity contribution >= 4 is 43.4 Å². The molecule has 0 aliphatic carbocycles. The lowest BCUT2D eigenvalue weighted by Gasteiger charge is -2.08. The maximum Gasteiger partial charge on any atom is 0.174 e. The van der Waals surface area contributed by atoms with Crippen molar-refractivity contribution in [1.29, 1.82) is 0 Å². The fourth-order valence-electron chi connectivity index (χ4n) is 5.19. The highest BCUT2D eigenvalue weighted by atomic mass is 32.1. The van der Waals surface area contributed by atoms with Crippen LogP contribution in [-0.4, -0.2) is 15.0 Å². The minimum atomic E-state index is 0.592.